The van der Waals surface area contributed by atoms with E-state index in [9.17, 15) is 0 Å². The third-order valence-corrected chi connectivity index (χ3v) is 17.0. The molecule has 272 valence electrons. The molecule has 0 saturated heterocycles. The maximum Gasteiger partial charge on any atom is 0.0684 e. The van der Waals surface area contributed by atoms with Crippen LogP contribution in [0, 0.1) is 58.2 Å². The lowest BCUT2D eigenvalue weighted by molar-refractivity contribution is 0.0603. The van der Waals surface area contributed by atoms with Gasteiger partial charge in [0.05, 0.1) is 17.8 Å². The van der Waals surface area contributed by atoms with Gasteiger partial charge in [0.2, 0.25) is 0 Å². The van der Waals surface area contributed by atoms with Gasteiger partial charge in [-0.05, 0) is 158 Å². The predicted molar refractivity (Wildman–Crippen MR) is 212 cm³/mol. The molecule has 51 heavy (non-hydrogen) atoms. The molecule has 2 N–H and O–H groups in total. The van der Waals surface area contributed by atoms with E-state index in [-0.39, 0.29) is 5.41 Å². The van der Waals surface area contributed by atoms with Crippen LogP contribution in [0.2, 0.25) is 0 Å². The highest BCUT2D eigenvalue weighted by atomic mass is 15.1. The summed E-state index contributed by atoms with van der Waals surface area (Å²) in [5.41, 5.74) is 10.7. The minimum Gasteiger partial charge on any atom is -0.381 e. The standard InChI is InChI=1S/C49H66N2/c1-48(2)40-27-17-25-36(43(40)38-30-37-35-24-13-14-26-39(35)49(28-15-6-16-29-49)42(37)31-41(38)48)47-46(34-22-11-5-12-23-34)50-44(32-18-7-3-8-19-32)45(51-47)33-20-9-4-10-21-33/h3,5,7,9,11,18,20,22,30-31,33,35-37,39-40,42-45,50-51H,4,6,8,10,12-17,19,21,23-29H2,1-2H3. The Kier molecular flexibility index (Phi) is 8.52. The average Bonchev–Trinajstić information content (AvgIpc) is 3.59. The number of rotatable bonds is 4. The van der Waals surface area contributed by atoms with Gasteiger partial charge in [-0.15, -0.1) is 0 Å². The molecule has 0 aromatic rings. The number of hydrogen-bond donors (Lipinski definition) is 2. The largest absolute Gasteiger partial charge is 0.381 e. The Morgan fingerprint density at radius 3 is 2.31 bits per heavy atom. The monoisotopic (exact) mass is 683 g/mol. The molecular formula is C49H66N2. The van der Waals surface area contributed by atoms with Crippen molar-refractivity contribution in [2.75, 3.05) is 0 Å². The van der Waals surface area contributed by atoms with Gasteiger partial charge in [0.25, 0.3) is 0 Å². The first-order valence-corrected chi connectivity index (χ1v) is 22.1. The van der Waals surface area contributed by atoms with E-state index in [2.05, 4.69) is 85.2 Å². The molecule has 1 heterocycles. The minimum absolute atomic E-state index is 0.257. The lowest BCUT2D eigenvalue weighted by Crippen LogP contribution is -2.58. The zero-order chi connectivity index (χ0) is 34.2. The lowest BCUT2D eigenvalue weighted by Gasteiger charge is -2.48. The second kappa shape index (κ2) is 13.1. The second-order valence-electron chi connectivity index (χ2n) is 19.5. The molecule has 1 spiro atoms. The van der Waals surface area contributed by atoms with Gasteiger partial charge in [0.1, 0.15) is 0 Å². The number of nitrogens with one attached hydrogen (secondary N) is 2. The molecule has 1 aliphatic heterocycles. The second-order valence-corrected chi connectivity index (χ2v) is 19.5. The quantitative estimate of drug-likeness (QED) is 0.288. The molecule has 0 aromatic carbocycles. The van der Waals surface area contributed by atoms with Gasteiger partial charge < -0.3 is 10.6 Å². The Hall–Kier alpha value is -2.48. The van der Waals surface area contributed by atoms with Gasteiger partial charge in [-0.3, -0.25) is 0 Å². The zero-order valence-corrected chi connectivity index (χ0v) is 32.0. The van der Waals surface area contributed by atoms with Crippen molar-refractivity contribution < 1.29 is 0 Å². The first kappa shape index (κ1) is 33.1. The van der Waals surface area contributed by atoms with Crippen LogP contribution in [-0.2, 0) is 0 Å². The van der Waals surface area contributed by atoms with Crippen LogP contribution < -0.4 is 10.6 Å². The molecule has 5 saturated carbocycles. The van der Waals surface area contributed by atoms with Crippen LogP contribution in [-0.4, -0.2) is 12.1 Å². The van der Waals surface area contributed by atoms with Crippen LogP contribution in [0.25, 0.3) is 0 Å². The first-order valence-electron chi connectivity index (χ1n) is 22.1. The van der Waals surface area contributed by atoms with E-state index in [1.807, 2.05) is 11.1 Å². The van der Waals surface area contributed by atoms with Crippen molar-refractivity contribution in [3.63, 3.8) is 0 Å². The molecule has 2 nitrogen and oxygen atoms in total. The number of fused-ring (bicyclic) bond motifs is 8. The summed E-state index contributed by atoms with van der Waals surface area (Å²) in [5, 5.41) is 8.97. The SMILES string of the molecule is CC1(C)C2=CC3C(C=C2C2C(C4=C(C5=CC=CCC5)NC(C5=CC=CCC5)C(C5C=CCCC5)N4)CCCC21)C1CCCCC1C31CCCCC1. The fraction of sp³-hybridized carbons (Fsp3) is 0.673. The smallest absolute Gasteiger partial charge is 0.0684 e. The van der Waals surface area contributed by atoms with Crippen molar-refractivity contribution in [2.24, 2.45) is 58.2 Å². The van der Waals surface area contributed by atoms with Crippen LogP contribution in [0.5, 0.6) is 0 Å². The van der Waals surface area contributed by atoms with Gasteiger partial charge in [-0.25, -0.2) is 0 Å². The van der Waals surface area contributed by atoms with Crippen LogP contribution in [0.4, 0.5) is 0 Å². The average molecular weight is 683 g/mol. The molecule has 10 rings (SSSR count). The summed E-state index contributed by atoms with van der Waals surface area (Å²) in [6.07, 6.45) is 51.5. The Morgan fingerprint density at radius 1 is 0.706 bits per heavy atom. The maximum atomic E-state index is 4.55. The van der Waals surface area contributed by atoms with E-state index in [0.29, 0.717) is 35.3 Å². The fourth-order valence-corrected chi connectivity index (χ4v) is 14.8. The summed E-state index contributed by atoms with van der Waals surface area (Å²) < 4.78 is 0. The molecule has 10 aliphatic rings. The highest BCUT2D eigenvalue weighted by Gasteiger charge is 2.62. The summed E-state index contributed by atoms with van der Waals surface area (Å²) in [4.78, 5) is 0. The minimum atomic E-state index is 0.257. The molecule has 0 radical (unpaired) electrons. The summed E-state index contributed by atoms with van der Waals surface area (Å²) in [6.45, 7) is 5.36. The molecule has 5 fully saturated rings. The van der Waals surface area contributed by atoms with Crippen molar-refractivity contribution >= 4 is 0 Å². The van der Waals surface area contributed by atoms with Crippen molar-refractivity contribution in [3.05, 3.63) is 94.4 Å². The van der Waals surface area contributed by atoms with E-state index >= 15 is 0 Å². The molecule has 9 aliphatic carbocycles. The topological polar surface area (TPSA) is 24.1 Å². The third kappa shape index (κ3) is 5.28. The summed E-state index contributed by atoms with van der Waals surface area (Å²) in [6, 6.07) is 0.766. The van der Waals surface area contributed by atoms with Gasteiger partial charge in [0, 0.05) is 11.6 Å². The summed E-state index contributed by atoms with van der Waals surface area (Å²) in [5.74, 6) is 6.02. The maximum absolute atomic E-state index is 4.55. The molecule has 0 bridgehead atoms. The Morgan fingerprint density at radius 2 is 1.53 bits per heavy atom. The highest BCUT2D eigenvalue weighted by molar-refractivity contribution is 5.52. The third-order valence-electron chi connectivity index (χ3n) is 17.0. The van der Waals surface area contributed by atoms with E-state index in [4.69, 9.17) is 0 Å². The molecule has 10 atom stereocenters. The summed E-state index contributed by atoms with van der Waals surface area (Å²) >= 11 is 0. The number of allylic oxidation sites excluding steroid dienone is 13. The van der Waals surface area contributed by atoms with Crippen LogP contribution in [0.1, 0.15) is 136 Å². The molecule has 0 amide bonds. The molecule has 10 unspecified atom stereocenters. The zero-order valence-electron chi connectivity index (χ0n) is 32.0. The van der Waals surface area contributed by atoms with Crippen LogP contribution >= 0.6 is 0 Å². The lowest BCUT2D eigenvalue weighted by atomic mass is 9.59. The van der Waals surface area contributed by atoms with E-state index in [0.717, 1.165) is 42.4 Å². The molecule has 2 heteroatoms. The van der Waals surface area contributed by atoms with Crippen molar-refractivity contribution in [2.45, 2.75) is 148 Å². The van der Waals surface area contributed by atoms with Gasteiger partial charge in [0.15, 0.2) is 0 Å². The van der Waals surface area contributed by atoms with Gasteiger partial charge in [-0.2, -0.15) is 0 Å². The van der Waals surface area contributed by atoms with Crippen molar-refractivity contribution in [1.82, 2.24) is 10.6 Å². The van der Waals surface area contributed by atoms with Gasteiger partial charge >= 0.3 is 0 Å². The van der Waals surface area contributed by atoms with Crippen LogP contribution in [0.15, 0.2) is 94.4 Å². The Labute approximate surface area is 310 Å². The Balaban J connectivity index is 1.09. The van der Waals surface area contributed by atoms with Crippen molar-refractivity contribution in [3.8, 4) is 0 Å². The fourth-order valence-electron chi connectivity index (χ4n) is 14.8. The van der Waals surface area contributed by atoms with E-state index in [1.165, 1.54) is 115 Å². The molecule has 0 aromatic heterocycles. The molecular weight excluding hydrogens is 617 g/mol. The van der Waals surface area contributed by atoms with Crippen LogP contribution in [0.3, 0.4) is 0 Å². The predicted octanol–water partition coefficient (Wildman–Crippen LogP) is 12.0. The van der Waals surface area contributed by atoms with E-state index in [1.54, 1.807) is 16.8 Å². The summed E-state index contributed by atoms with van der Waals surface area (Å²) in [7, 11) is 0. The number of hydrogen-bond acceptors (Lipinski definition) is 2. The van der Waals surface area contributed by atoms with E-state index < -0.39 is 0 Å². The van der Waals surface area contributed by atoms with Gasteiger partial charge in [-0.1, -0.05) is 113 Å². The Bertz CT molecular complexity index is 1630. The normalized spacial score (nSPS) is 42.0. The highest BCUT2D eigenvalue weighted by Crippen LogP contribution is 2.70. The first-order chi connectivity index (χ1) is 25.0. The van der Waals surface area contributed by atoms with Crippen molar-refractivity contribution in [1.29, 1.82) is 0 Å².